The van der Waals surface area contributed by atoms with Crippen LogP contribution < -0.4 is 4.74 Å². The van der Waals surface area contributed by atoms with Gasteiger partial charge in [-0.25, -0.2) is 4.99 Å². The van der Waals surface area contributed by atoms with Crippen LogP contribution in [-0.2, 0) is 0 Å². The largest absolute Gasteiger partial charge is 0.497 e. The molecular formula is C19H19ClN2O2S. The van der Waals surface area contributed by atoms with Gasteiger partial charge in [0.15, 0.2) is 11.0 Å². The molecule has 1 fully saturated rings. The lowest BCUT2D eigenvalue weighted by molar-refractivity contribution is 0.0965. The standard InChI is InChI=1S/C19H19ClN2O2S/c1-13-11-22(12-18(23)14-3-9-17(24-2)10-4-14)19(25-13)21-16-7-5-15(20)6-8-16/h3-10,13H,11-12H2,1-2H3/t13-/m0/s1. The van der Waals surface area contributed by atoms with Gasteiger partial charge in [0.2, 0.25) is 0 Å². The second kappa shape index (κ2) is 7.93. The summed E-state index contributed by atoms with van der Waals surface area (Å²) < 4.78 is 5.13. The van der Waals surface area contributed by atoms with Crippen molar-refractivity contribution in [3.05, 3.63) is 59.1 Å². The molecule has 3 rings (SSSR count). The van der Waals surface area contributed by atoms with Crippen molar-refractivity contribution >= 4 is 40.0 Å². The van der Waals surface area contributed by atoms with Gasteiger partial charge in [0.25, 0.3) is 0 Å². The average molecular weight is 375 g/mol. The number of methoxy groups -OCH3 is 1. The van der Waals surface area contributed by atoms with E-state index in [4.69, 9.17) is 16.3 Å². The lowest BCUT2D eigenvalue weighted by Crippen LogP contribution is -2.31. The third kappa shape index (κ3) is 4.55. The maximum absolute atomic E-state index is 12.6. The molecule has 0 spiro atoms. The third-order valence-corrected chi connectivity index (χ3v) is 5.22. The molecule has 1 heterocycles. The lowest BCUT2D eigenvalue weighted by Gasteiger charge is -2.17. The minimum Gasteiger partial charge on any atom is -0.497 e. The molecule has 1 saturated heterocycles. The van der Waals surface area contributed by atoms with Crippen molar-refractivity contribution < 1.29 is 9.53 Å². The van der Waals surface area contributed by atoms with Gasteiger partial charge in [-0.3, -0.25) is 4.79 Å². The predicted molar refractivity (Wildman–Crippen MR) is 104 cm³/mol. The number of carbonyl (C=O) groups excluding carboxylic acids is 1. The monoisotopic (exact) mass is 374 g/mol. The molecule has 1 aliphatic heterocycles. The third-order valence-electron chi connectivity index (χ3n) is 3.85. The van der Waals surface area contributed by atoms with Crippen LogP contribution in [0.15, 0.2) is 53.5 Å². The number of ether oxygens (including phenoxy) is 1. The first-order valence-electron chi connectivity index (χ1n) is 7.98. The number of halogens is 1. The molecule has 0 N–H and O–H groups in total. The molecule has 0 radical (unpaired) electrons. The number of hydrogen-bond donors (Lipinski definition) is 0. The Morgan fingerprint density at radius 2 is 1.92 bits per heavy atom. The molecule has 0 aromatic heterocycles. The fraction of sp³-hybridized carbons (Fsp3) is 0.263. The van der Waals surface area contributed by atoms with Crippen LogP contribution in [-0.4, -0.2) is 41.3 Å². The Bertz CT molecular complexity index is 775. The summed E-state index contributed by atoms with van der Waals surface area (Å²) in [6.07, 6.45) is 0. The number of amidine groups is 1. The summed E-state index contributed by atoms with van der Waals surface area (Å²) in [4.78, 5) is 19.3. The van der Waals surface area contributed by atoms with Crippen molar-refractivity contribution in [3.63, 3.8) is 0 Å². The van der Waals surface area contributed by atoms with Crippen LogP contribution in [0.4, 0.5) is 5.69 Å². The molecule has 1 atom stereocenters. The van der Waals surface area contributed by atoms with E-state index >= 15 is 0 Å². The average Bonchev–Trinajstić information content (AvgIpc) is 2.96. The van der Waals surface area contributed by atoms with Gasteiger partial charge in [0, 0.05) is 22.4 Å². The summed E-state index contributed by atoms with van der Waals surface area (Å²) in [5.41, 5.74) is 1.51. The van der Waals surface area contributed by atoms with Crippen LogP contribution in [0.25, 0.3) is 0 Å². The fourth-order valence-corrected chi connectivity index (χ4v) is 3.76. The number of hydrogen-bond acceptors (Lipinski definition) is 4. The zero-order valence-corrected chi connectivity index (χ0v) is 15.7. The number of ketones is 1. The Kier molecular flexibility index (Phi) is 5.66. The van der Waals surface area contributed by atoms with E-state index in [-0.39, 0.29) is 5.78 Å². The number of nitrogens with zero attached hydrogens (tertiary/aromatic N) is 2. The summed E-state index contributed by atoms with van der Waals surface area (Å²) in [6, 6.07) is 14.6. The molecule has 4 nitrogen and oxygen atoms in total. The molecule has 0 bridgehead atoms. The molecule has 0 unspecified atom stereocenters. The van der Waals surface area contributed by atoms with E-state index in [2.05, 4.69) is 11.9 Å². The van der Waals surface area contributed by atoms with Crippen molar-refractivity contribution in [3.8, 4) is 5.75 Å². The molecule has 2 aromatic carbocycles. The van der Waals surface area contributed by atoms with E-state index in [0.29, 0.717) is 22.4 Å². The fourth-order valence-electron chi connectivity index (χ4n) is 2.58. The number of rotatable bonds is 5. The highest BCUT2D eigenvalue weighted by Gasteiger charge is 2.27. The van der Waals surface area contributed by atoms with Gasteiger partial charge in [0.1, 0.15) is 5.75 Å². The van der Waals surface area contributed by atoms with E-state index in [1.807, 2.05) is 29.2 Å². The smallest absolute Gasteiger partial charge is 0.182 e. The zero-order valence-electron chi connectivity index (χ0n) is 14.1. The summed E-state index contributed by atoms with van der Waals surface area (Å²) in [5.74, 6) is 0.813. The Hall–Kier alpha value is -1.98. The molecule has 2 aromatic rings. The minimum atomic E-state index is 0.0705. The maximum atomic E-state index is 12.6. The van der Waals surface area contributed by atoms with Crippen molar-refractivity contribution in [1.82, 2.24) is 4.90 Å². The van der Waals surface area contributed by atoms with E-state index in [9.17, 15) is 4.79 Å². The number of thioether (sulfide) groups is 1. The Morgan fingerprint density at radius 3 is 2.56 bits per heavy atom. The Morgan fingerprint density at radius 1 is 1.24 bits per heavy atom. The summed E-state index contributed by atoms with van der Waals surface area (Å²) >= 11 is 7.61. The van der Waals surface area contributed by atoms with Crippen molar-refractivity contribution in [2.45, 2.75) is 12.2 Å². The van der Waals surface area contributed by atoms with Crippen LogP contribution >= 0.6 is 23.4 Å². The lowest BCUT2D eigenvalue weighted by atomic mass is 10.1. The van der Waals surface area contributed by atoms with Crippen molar-refractivity contribution in [2.75, 3.05) is 20.2 Å². The van der Waals surface area contributed by atoms with Gasteiger partial charge in [-0.2, -0.15) is 0 Å². The second-order valence-electron chi connectivity index (χ2n) is 5.83. The Balaban J connectivity index is 1.74. The molecule has 6 heteroatoms. The highest BCUT2D eigenvalue weighted by atomic mass is 35.5. The van der Waals surface area contributed by atoms with Crippen molar-refractivity contribution in [1.29, 1.82) is 0 Å². The summed E-state index contributed by atoms with van der Waals surface area (Å²) in [5, 5.41) is 1.95. The van der Waals surface area contributed by atoms with Crippen LogP contribution in [0.2, 0.25) is 5.02 Å². The summed E-state index contributed by atoms with van der Waals surface area (Å²) in [6.45, 7) is 3.26. The van der Waals surface area contributed by atoms with Gasteiger partial charge in [-0.1, -0.05) is 30.3 Å². The van der Waals surface area contributed by atoms with E-state index in [1.165, 1.54) is 0 Å². The van der Waals surface area contributed by atoms with Crippen LogP contribution in [0.5, 0.6) is 5.75 Å². The van der Waals surface area contributed by atoms with Crippen molar-refractivity contribution in [2.24, 2.45) is 4.99 Å². The second-order valence-corrected chi connectivity index (χ2v) is 7.67. The molecular weight excluding hydrogens is 356 g/mol. The number of Topliss-reactive ketones (excluding diaryl/α,β-unsaturated/α-hetero) is 1. The maximum Gasteiger partial charge on any atom is 0.182 e. The van der Waals surface area contributed by atoms with Crippen LogP contribution in [0.1, 0.15) is 17.3 Å². The first kappa shape index (κ1) is 17.8. The van der Waals surface area contributed by atoms with Gasteiger partial charge in [-0.15, -0.1) is 0 Å². The first-order chi connectivity index (χ1) is 12.0. The highest BCUT2D eigenvalue weighted by Crippen LogP contribution is 2.28. The molecule has 25 heavy (non-hydrogen) atoms. The first-order valence-corrected chi connectivity index (χ1v) is 9.24. The Labute approximate surface area is 156 Å². The van der Waals surface area contributed by atoms with E-state index < -0.39 is 0 Å². The minimum absolute atomic E-state index is 0.0705. The predicted octanol–water partition coefficient (Wildman–Crippen LogP) is 4.66. The van der Waals surface area contributed by atoms with E-state index in [0.717, 1.165) is 23.1 Å². The van der Waals surface area contributed by atoms with Crippen LogP contribution in [0.3, 0.4) is 0 Å². The quantitative estimate of drug-likeness (QED) is 0.714. The molecule has 0 aliphatic carbocycles. The van der Waals surface area contributed by atoms with Gasteiger partial charge < -0.3 is 9.64 Å². The number of carbonyl (C=O) groups is 1. The van der Waals surface area contributed by atoms with Gasteiger partial charge >= 0.3 is 0 Å². The van der Waals surface area contributed by atoms with Gasteiger partial charge in [0.05, 0.1) is 19.3 Å². The zero-order chi connectivity index (χ0) is 17.8. The van der Waals surface area contributed by atoms with Crippen LogP contribution in [0, 0.1) is 0 Å². The molecule has 0 amide bonds. The SMILES string of the molecule is COc1ccc(C(=O)CN2C[C@H](C)SC2=Nc2ccc(Cl)cc2)cc1. The highest BCUT2D eigenvalue weighted by molar-refractivity contribution is 8.14. The number of aliphatic imine (C=N–C) groups is 1. The summed E-state index contributed by atoms with van der Waals surface area (Å²) in [7, 11) is 1.61. The normalized spacial score (nSPS) is 18.6. The molecule has 1 aliphatic rings. The number of benzene rings is 2. The van der Waals surface area contributed by atoms with E-state index in [1.54, 1.807) is 43.1 Å². The molecule has 0 saturated carbocycles. The molecule has 130 valence electrons. The van der Waals surface area contributed by atoms with Gasteiger partial charge in [-0.05, 0) is 48.5 Å². The topological polar surface area (TPSA) is 41.9 Å².